The Hall–Kier alpha value is 0.440. The summed E-state index contributed by atoms with van der Waals surface area (Å²) in [6, 6.07) is 0.828. The fourth-order valence-corrected chi connectivity index (χ4v) is 5.65. The smallest absolute Gasteiger partial charge is 0.0219 e. The lowest BCUT2D eigenvalue weighted by atomic mass is 9.70. The average Bonchev–Trinajstić information content (AvgIpc) is 2.59. The van der Waals surface area contributed by atoms with Crippen LogP contribution in [-0.2, 0) is 0 Å². The first-order valence-corrected chi connectivity index (χ1v) is 7.54. The van der Waals surface area contributed by atoms with E-state index in [-0.39, 0.29) is 0 Å². The minimum atomic E-state index is 0.805. The van der Waals surface area contributed by atoms with Crippen molar-refractivity contribution < 1.29 is 0 Å². The molecule has 3 fully saturated rings. The average molecular weight is 272 g/mol. The van der Waals surface area contributed by atoms with Crippen molar-refractivity contribution in [1.29, 1.82) is 0 Å². The van der Waals surface area contributed by atoms with Gasteiger partial charge in [-0.2, -0.15) is 0 Å². The van der Waals surface area contributed by atoms with E-state index in [9.17, 15) is 0 Å². The number of fused-ring (bicyclic) bond motifs is 2. The van der Waals surface area contributed by atoms with Gasteiger partial charge in [0.05, 0.1) is 0 Å². The van der Waals surface area contributed by atoms with Crippen LogP contribution in [0.15, 0.2) is 0 Å². The van der Waals surface area contributed by atoms with Crippen molar-refractivity contribution in [2.45, 2.75) is 49.9 Å². The van der Waals surface area contributed by atoms with Gasteiger partial charge in [-0.05, 0) is 62.3 Å². The maximum atomic E-state index is 4.02. The van der Waals surface area contributed by atoms with Gasteiger partial charge in [0, 0.05) is 10.9 Å². The second-order valence-electron chi connectivity index (χ2n) is 6.05. The monoisotopic (exact) mass is 271 g/mol. The van der Waals surface area contributed by atoms with E-state index in [0.29, 0.717) is 0 Å². The van der Waals surface area contributed by atoms with Gasteiger partial charge in [0.25, 0.3) is 0 Å². The number of hydrogen-bond acceptors (Lipinski definition) is 1. The van der Waals surface area contributed by atoms with Gasteiger partial charge in [-0.3, -0.25) is 0 Å². The first-order chi connectivity index (χ1) is 7.25. The minimum Gasteiger partial charge on any atom is -0.314 e. The van der Waals surface area contributed by atoms with Gasteiger partial charge in [0.2, 0.25) is 0 Å². The van der Waals surface area contributed by atoms with Gasteiger partial charge in [0.1, 0.15) is 0 Å². The summed E-state index contributed by atoms with van der Waals surface area (Å²) in [7, 11) is 0. The van der Waals surface area contributed by atoms with Gasteiger partial charge in [-0.1, -0.05) is 22.9 Å². The third-order valence-corrected chi connectivity index (χ3v) is 6.36. The SMILES string of the molecule is CC1CC2CC3NCCCC3C(Br)C2C1. The minimum absolute atomic E-state index is 0.805. The number of alkyl halides is 1. The third-order valence-electron chi connectivity index (χ3n) is 5.00. The van der Waals surface area contributed by atoms with E-state index in [4.69, 9.17) is 0 Å². The lowest BCUT2D eigenvalue weighted by molar-refractivity contribution is 0.138. The molecule has 3 rings (SSSR count). The van der Waals surface area contributed by atoms with Crippen LogP contribution in [0, 0.1) is 23.7 Å². The van der Waals surface area contributed by atoms with Gasteiger partial charge in [-0.25, -0.2) is 0 Å². The van der Waals surface area contributed by atoms with Crippen molar-refractivity contribution >= 4 is 15.9 Å². The molecule has 0 aromatic carbocycles. The molecule has 1 heterocycles. The van der Waals surface area contributed by atoms with Crippen molar-refractivity contribution in [3.05, 3.63) is 0 Å². The highest BCUT2D eigenvalue weighted by atomic mass is 79.9. The number of hydrogen-bond donors (Lipinski definition) is 1. The van der Waals surface area contributed by atoms with E-state index < -0.39 is 0 Å². The summed E-state index contributed by atoms with van der Waals surface area (Å²) in [5.41, 5.74) is 0. The lowest BCUT2D eigenvalue weighted by Crippen LogP contribution is -2.51. The zero-order valence-electron chi connectivity index (χ0n) is 9.58. The molecule has 0 spiro atoms. The van der Waals surface area contributed by atoms with Crippen LogP contribution in [0.2, 0.25) is 0 Å². The van der Waals surface area contributed by atoms with Gasteiger partial charge < -0.3 is 5.32 Å². The molecule has 2 aliphatic carbocycles. The summed E-state index contributed by atoms with van der Waals surface area (Å²) >= 11 is 4.02. The number of halogens is 1. The number of piperidine rings is 1. The zero-order valence-corrected chi connectivity index (χ0v) is 11.2. The number of rotatable bonds is 0. The molecule has 2 heteroatoms. The van der Waals surface area contributed by atoms with Crippen LogP contribution < -0.4 is 5.32 Å². The molecule has 0 bridgehead atoms. The molecule has 6 atom stereocenters. The Bertz CT molecular complexity index is 237. The van der Waals surface area contributed by atoms with Crippen LogP contribution in [-0.4, -0.2) is 17.4 Å². The van der Waals surface area contributed by atoms with Crippen LogP contribution >= 0.6 is 15.9 Å². The van der Waals surface area contributed by atoms with Crippen LogP contribution in [0.1, 0.15) is 39.0 Å². The fraction of sp³-hybridized carbons (Fsp3) is 1.00. The van der Waals surface area contributed by atoms with Gasteiger partial charge in [0.15, 0.2) is 0 Å². The molecule has 2 saturated carbocycles. The Morgan fingerprint density at radius 2 is 2.00 bits per heavy atom. The van der Waals surface area contributed by atoms with E-state index in [1.54, 1.807) is 0 Å². The second-order valence-corrected chi connectivity index (χ2v) is 7.10. The third kappa shape index (κ3) is 1.78. The Morgan fingerprint density at radius 1 is 1.13 bits per heavy atom. The van der Waals surface area contributed by atoms with E-state index in [1.807, 2.05) is 0 Å². The van der Waals surface area contributed by atoms with Gasteiger partial charge in [-0.15, -0.1) is 0 Å². The summed E-state index contributed by atoms with van der Waals surface area (Å²) in [6.07, 6.45) is 7.25. The van der Waals surface area contributed by atoms with Crippen LogP contribution in [0.3, 0.4) is 0 Å². The van der Waals surface area contributed by atoms with Gasteiger partial charge >= 0.3 is 0 Å². The van der Waals surface area contributed by atoms with Crippen LogP contribution in [0.4, 0.5) is 0 Å². The normalized spacial score (nSPS) is 54.8. The lowest BCUT2D eigenvalue weighted by Gasteiger charge is -2.45. The summed E-state index contributed by atoms with van der Waals surface area (Å²) in [6.45, 7) is 3.70. The van der Waals surface area contributed by atoms with E-state index in [2.05, 4.69) is 28.2 Å². The first-order valence-electron chi connectivity index (χ1n) is 6.63. The van der Waals surface area contributed by atoms with E-state index in [0.717, 1.165) is 34.5 Å². The molecule has 86 valence electrons. The van der Waals surface area contributed by atoms with Crippen molar-refractivity contribution in [2.24, 2.45) is 23.7 Å². The largest absolute Gasteiger partial charge is 0.314 e. The molecule has 0 aromatic rings. The summed E-state index contributed by atoms with van der Waals surface area (Å²) < 4.78 is 0. The predicted octanol–water partition coefficient (Wildman–Crippen LogP) is 3.18. The maximum absolute atomic E-state index is 4.02. The fourth-order valence-electron chi connectivity index (χ4n) is 4.37. The molecule has 15 heavy (non-hydrogen) atoms. The highest BCUT2D eigenvalue weighted by Gasteiger charge is 2.47. The Kier molecular flexibility index (Phi) is 2.84. The molecular formula is C13H22BrN. The van der Waals surface area contributed by atoms with E-state index in [1.165, 1.54) is 38.6 Å². The van der Waals surface area contributed by atoms with Crippen molar-refractivity contribution in [1.82, 2.24) is 5.32 Å². The Balaban J connectivity index is 1.78. The van der Waals surface area contributed by atoms with Crippen molar-refractivity contribution in [2.75, 3.05) is 6.54 Å². The molecule has 6 unspecified atom stereocenters. The molecular weight excluding hydrogens is 250 g/mol. The zero-order chi connectivity index (χ0) is 10.4. The van der Waals surface area contributed by atoms with Crippen LogP contribution in [0.5, 0.6) is 0 Å². The molecule has 1 saturated heterocycles. The molecule has 1 nitrogen and oxygen atoms in total. The van der Waals surface area contributed by atoms with Crippen molar-refractivity contribution in [3.8, 4) is 0 Å². The Morgan fingerprint density at radius 3 is 2.87 bits per heavy atom. The molecule has 0 radical (unpaired) electrons. The maximum Gasteiger partial charge on any atom is 0.0219 e. The second kappa shape index (κ2) is 4.03. The predicted molar refractivity (Wildman–Crippen MR) is 67.2 cm³/mol. The number of nitrogens with one attached hydrogen (secondary N) is 1. The molecule has 0 amide bonds. The summed E-state index contributed by atoms with van der Waals surface area (Å²) in [4.78, 5) is 0.805. The highest BCUT2D eigenvalue weighted by molar-refractivity contribution is 9.09. The molecule has 0 aromatic heterocycles. The Labute approximate surface area is 102 Å². The first kappa shape index (κ1) is 10.6. The molecule has 1 N–H and O–H groups in total. The highest BCUT2D eigenvalue weighted by Crippen LogP contribution is 2.51. The van der Waals surface area contributed by atoms with Crippen molar-refractivity contribution in [3.63, 3.8) is 0 Å². The molecule has 1 aliphatic heterocycles. The topological polar surface area (TPSA) is 12.0 Å². The molecule has 3 aliphatic rings. The van der Waals surface area contributed by atoms with E-state index >= 15 is 0 Å². The van der Waals surface area contributed by atoms with Crippen LogP contribution in [0.25, 0.3) is 0 Å². The standard InChI is InChI=1S/C13H22BrN/c1-8-5-9-7-12-10(3-2-4-15-12)13(14)11(9)6-8/h8-13,15H,2-7H2,1H3. The summed E-state index contributed by atoms with van der Waals surface area (Å²) in [5.74, 6) is 3.89. The quantitative estimate of drug-likeness (QED) is 0.668. The summed E-state index contributed by atoms with van der Waals surface area (Å²) in [5, 5.41) is 3.75.